The molecule has 2 heterocycles. The van der Waals surface area contributed by atoms with Gasteiger partial charge < -0.3 is 10.6 Å². The van der Waals surface area contributed by atoms with Crippen LogP contribution < -0.4 is 5.73 Å². The monoisotopic (exact) mass is 283 g/mol. The second-order valence-electron chi connectivity index (χ2n) is 4.91. The smallest absolute Gasteiger partial charge is 0.324 e. The van der Waals surface area contributed by atoms with Crippen molar-refractivity contribution in [2.24, 2.45) is 11.7 Å². The summed E-state index contributed by atoms with van der Waals surface area (Å²) in [6, 6.07) is 2.97. The van der Waals surface area contributed by atoms with Crippen molar-refractivity contribution < 1.29 is 9.72 Å². The number of amides is 1. The molecule has 7 heteroatoms. The number of carbonyl (C=O) groups excluding carboxylic acids is 1. The topological polar surface area (TPSA) is 89.5 Å². The first-order valence-corrected chi connectivity index (χ1v) is 7.09. The quantitative estimate of drug-likeness (QED) is 0.677. The highest BCUT2D eigenvalue weighted by atomic mass is 32.1. The second kappa shape index (κ2) is 5.66. The molecular formula is C12H17N3O3S. The standard InChI is InChI=1S/C12H17N3O3S/c1-8(13)9-3-2-6-14(7-9)12(16)10-4-5-11(19-10)15(17)18/h4-5,8-9H,2-3,6-7,13H2,1H3. The lowest BCUT2D eigenvalue weighted by Crippen LogP contribution is -2.44. The zero-order chi connectivity index (χ0) is 14.0. The van der Waals surface area contributed by atoms with Crippen LogP contribution in [0.15, 0.2) is 12.1 Å². The first-order chi connectivity index (χ1) is 8.99. The number of nitrogens with zero attached hydrogens (tertiary/aromatic N) is 2. The van der Waals surface area contributed by atoms with Crippen LogP contribution in [-0.4, -0.2) is 34.9 Å². The molecule has 1 fully saturated rings. The summed E-state index contributed by atoms with van der Waals surface area (Å²) >= 11 is 0.931. The lowest BCUT2D eigenvalue weighted by Gasteiger charge is -2.34. The highest BCUT2D eigenvalue weighted by Gasteiger charge is 2.28. The van der Waals surface area contributed by atoms with Gasteiger partial charge in [0.25, 0.3) is 5.91 Å². The van der Waals surface area contributed by atoms with Crippen LogP contribution in [0.2, 0.25) is 0 Å². The summed E-state index contributed by atoms with van der Waals surface area (Å²) in [7, 11) is 0. The molecule has 2 atom stereocenters. The highest BCUT2D eigenvalue weighted by Crippen LogP contribution is 2.27. The van der Waals surface area contributed by atoms with Gasteiger partial charge in [-0.25, -0.2) is 0 Å². The number of nitro groups is 1. The Morgan fingerprint density at radius 3 is 2.95 bits per heavy atom. The van der Waals surface area contributed by atoms with Gasteiger partial charge in [0.05, 0.1) is 9.80 Å². The molecule has 0 saturated carbocycles. The summed E-state index contributed by atoms with van der Waals surface area (Å²) in [5.74, 6) is 0.191. The Morgan fingerprint density at radius 2 is 2.37 bits per heavy atom. The van der Waals surface area contributed by atoms with E-state index in [-0.39, 0.29) is 17.0 Å². The van der Waals surface area contributed by atoms with E-state index in [1.54, 1.807) is 4.90 Å². The number of carbonyl (C=O) groups is 1. The van der Waals surface area contributed by atoms with Crippen LogP contribution >= 0.6 is 11.3 Å². The van der Waals surface area contributed by atoms with Gasteiger partial charge in [0.2, 0.25) is 0 Å². The number of likely N-dealkylation sites (tertiary alicyclic amines) is 1. The summed E-state index contributed by atoms with van der Waals surface area (Å²) < 4.78 is 0. The molecule has 0 radical (unpaired) electrons. The largest absolute Gasteiger partial charge is 0.338 e. The molecule has 0 aromatic carbocycles. The number of nitrogens with two attached hydrogens (primary N) is 1. The van der Waals surface area contributed by atoms with Gasteiger partial charge in [0, 0.05) is 25.2 Å². The van der Waals surface area contributed by atoms with E-state index >= 15 is 0 Å². The minimum absolute atomic E-state index is 0.00380. The number of thiophene rings is 1. The predicted octanol–water partition coefficient (Wildman–Crippen LogP) is 1.86. The summed E-state index contributed by atoms with van der Waals surface area (Å²) in [6.07, 6.45) is 1.97. The SMILES string of the molecule is CC(N)C1CCCN(C(=O)c2ccc([N+](=O)[O-])s2)C1. The second-order valence-corrected chi connectivity index (χ2v) is 5.97. The fraction of sp³-hybridized carbons (Fsp3) is 0.583. The zero-order valence-electron chi connectivity index (χ0n) is 10.7. The normalized spacial score (nSPS) is 21.2. The van der Waals surface area contributed by atoms with Crippen LogP contribution in [0.25, 0.3) is 0 Å². The first kappa shape index (κ1) is 14.0. The molecule has 1 amide bonds. The van der Waals surface area contributed by atoms with Crippen molar-refractivity contribution in [2.75, 3.05) is 13.1 Å². The Bertz CT molecular complexity index is 486. The van der Waals surface area contributed by atoms with Crippen molar-refractivity contribution in [1.82, 2.24) is 4.90 Å². The molecule has 6 nitrogen and oxygen atoms in total. The molecule has 104 valence electrons. The first-order valence-electron chi connectivity index (χ1n) is 6.28. The Hall–Kier alpha value is -1.47. The van der Waals surface area contributed by atoms with Gasteiger partial charge >= 0.3 is 5.00 Å². The molecule has 19 heavy (non-hydrogen) atoms. The van der Waals surface area contributed by atoms with E-state index in [2.05, 4.69) is 0 Å². The molecule has 2 N–H and O–H groups in total. The average molecular weight is 283 g/mol. The van der Waals surface area contributed by atoms with E-state index in [9.17, 15) is 14.9 Å². The van der Waals surface area contributed by atoms with Crippen LogP contribution in [0.3, 0.4) is 0 Å². The van der Waals surface area contributed by atoms with Crippen molar-refractivity contribution in [3.63, 3.8) is 0 Å². The van der Waals surface area contributed by atoms with Gasteiger partial charge in [0.15, 0.2) is 0 Å². The molecule has 2 rings (SSSR count). The third-order valence-corrected chi connectivity index (χ3v) is 4.50. The van der Waals surface area contributed by atoms with Crippen molar-refractivity contribution in [3.8, 4) is 0 Å². The summed E-state index contributed by atoms with van der Waals surface area (Å²) in [4.78, 5) is 24.6. The molecule has 0 bridgehead atoms. The van der Waals surface area contributed by atoms with E-state index in [0.717, 1.165) is 24.2 Å². The molecule has 0 spiro atoms. The van der Waals surface area contributed by atoms with Crippen LogP contribution in [0.1, 0.15) is 29.4 Å². The van der Waals surface area contributed by atoms with Gasteiger partial charge in [-0.05, 0) is 31.7 Å². The van der Waals surface area contributed by atoms with Gasteiger partial charge in [-0.15, -0.1) is 0 Å². The van der Waals surface area contributed by atoms with Crippen molar-refractivity contribution >= 4 is 22.2 Å². The molecule has 1 aliphatic heterocycles. The maximum absolute atomic E-state index is 12.3. The third kappa shape index (κ3) is 3.10. The van der Waals surface area contributed by atoms with E-state index in [4.69, 9.17) is 5.73 Å². The highest BCUT2D eigenvalue weighted by molar-refractivity contribution is 7.17. The molecule has 1 aliphatic rings. The summed E-state index contributed by atoms with van der Waals surface area (Å²) in [5.41, 5.74) is 5.89. The Kier molecular flexibility index (Phi) is 4.16. The fourth-order valence-electron chi connectivity index (χ4n) is 2.32. The lowest BCUT2D eigenvalue weighted by molar-refractivity contribution is -0.380. The van der Waals surface area contributed by atoms with Gasteiger partial charge in [-0.2, -0.15) is 0 Å². The molecule has 0 aliphatic carbocycles. The molecule has 1 aromatic heterocycles. The Labute approximate surface area is 115 Å². The number of rotatable bonds is 3. The van der Waals surface area contributed by atoms with Crippen LogP contribution in [-0.2, 0) is 0 Å². The minimum Gasteiger partial charge on any atom is -0.338 e. The van der Waals surface area contributed by atoms with Gasteiger partial charge in [-0.1, -0.05) is 11.3 Å². The van der Waals surface area contributed by atoms with E-state index in [1.165, 1.54) is 12.1 Å². The third-order valence-electron chi connectivity index (χ3n) is 3.47. The lowest BCUT2D eigenvalue weighted by atomic mass is 9.92. The van der Waals surface area contributed by atoms with Crippen molar-refractivity contribution in [3.05, 3.63) is 27.1 Å². The van der Waals surface area contributed by atoms with Crippen molar-refractivity contribution in [2.45, 2.75) is 25.8 Å². The average Bonchev–Trinajstić information content (AvgIpc) is 2.87. The van der Waals surface area contributed by atoms with E-state index < -0.39 is 4.92 Å². The minimum atomic E-state index is -0.470. The molecule has 1 aromatic rings. The number of hydrogen-bond acceptors (Lipinski definition) is 5. The molecule has 2 unspecified atom stereocenters. The number of hydrogen-bond donors (Lipinski definition) is 1. The van der Waals surface area contributed by atoms with Crippen molar-refractivity contribution in [1.29, 1.82) is 0 Å². The fourth-order valence-corrected chi connectivity index (χ4v) is 3.11. The zero-order valence-corrected chi connectivity index (χ0v) is 11.6. The van der Waals surface area contributed by atoms with Crippen LogP contribution in [0, 0.1) is 16.0 Å². The van der Waals surface area contributed by atoms with Crippen LogP contribution in [0.4, 0.5) is 5.00 Å². The molecular weight excluding hydrogens is 266 g/mol. The Morgan fingerprint density at radius 1 is 1.63 bits per heavy atom. The summed E-state index contributed by atoms with van der Waals surface area (Å²) in [6.45, 7) is 3.30. The van der Waals surface area contributed by atoms with Gasteiger partial charge in [-0.3, -0.25) is 14.9 Å². The maximum Gasteiger partial charge on any atom is 0.324 e. The predicted molar refractivity (Wildman–Crippen MR) is 73.3 cm³/mol. The van der Waals surface area contributed by atoms with Gasteiger partial charge in [0.1, 0.15) is 0 Å². The number of piperidine rings is 1. The molecule has 1 saturated heterocycles. The maximum atomic E-state index is 12.3. The van der Waals surface area contributed by atoms with E-state index in [1.807, 2.05) is 6.92 Å². The summed E-state index contributed by atoms with van der Waals surface area (Å²) in [5, 5.41) is 10.6. The van der Waals surface area contributed by atoms with Crippen LogP contribution in [0.5, 0.6) is 0 Å². The Balaban J connectivity index is 2.08. The van der Waals surface area contributed by atoms with E-state index in [0.29, 0.717) is 23.9 Å².